The molecule has 1 aliphatic rings. The highest BCUT2D eigenvalue weighted by atomic mass is 32.1. The lowest BCUT2D eigenvalue weighted by molar-refractivity contribution is 0.623. The Morgan fingerprint density at radius 2 is 2.32 bits per heavy atom. The zero-order valence-electron chi connectivity index (χ0n) is 11.1. The number of nitrogens with zero attached hydrogens (tertiary/aromatic N) is 3. The molecule has 0 amide bonds. The molecule has 0 bridgehead atoms. The van der Waals surface area contributed by atoms with Gasteiger partial charge < -0.3 is 10.3 Å². The Kier molecular flexibility index (Phi) is 3.12. The summed E-state index contributed by atoms with van der Waals surface area (Å²) in [5, 5.41) is 2.17. The fraction of sp³-hybridized carbons (Fsp3) is 0.385. The molecule has 2 aromatic heterocycles. The highest BCUT2D eigenvalue weighted by Gasteiger charge is 2.26. The third kappa shape index (κ3) is 2.17. The quantitative estimate of drug-likeness (QED) is 0.650. The van der Waals surface area contributed by atoms with Crippen molar-refractivity contribution in [3.05, 3.63) is 33.8 Å². The molecule has 3 heterocycles. The van der Waals surface area contributed by atoms with Crippen LogP contribution in [-0.2, 0) is 6.42 Å². The third-order valence-electron chi connectivity index (χ3n) is 3.54. The molecule has 1 aliphatic heterocycles. The van der Waals surface area contributed by atoms with E-state index in [1.165, 1.54) is 10.4 Å². The Morgan fingerprint density at radius 3 is 3.11 bits per heavy atom. The normalized spacial score (nSPS) is 18.3. The lowest BCUT2D eigenvalue weighted by Gasteiger charge is -2.34. The molecule has 3 N–H and O–H groups in total. The van der Waals surface area contributed by atoms with Crippen LogP contribution in [-0.4, -0.2) is 16.5 Å². The van der Waals surface area contributed by atoms with E-state index in [1.54, 1.807) is 0 Å². The standard InChI is InChI=1S/C13H17N5S/c1-8-10-4-6-19-11(10)3-5-18(8)13-7-12(17-14)15-9(2)16-13/h4,6-8H,3,5,14H2,1-2H3,(H,15,16,17). The molecule has 0 spiro atoms. The predicted octanol–water partition coefficient (Wildman–Crippen LogP) is 2.26. The van der Waals surface area contributed by atoms with Gasteiger partial charge in [-0.2, -0.15) is 0 Å². The van der Waals surface area contributed by atoms with Crippen LogP contribution in [0.2, 0.25) is 0 Å². The minimum Gasteiger partial charge on any atom is -0.349 e. The fourth-order valence-corrected chi connectivity index (χ4v) is 3.56. The molecule has 0 radical (unpaired) electrons. The highest BCUT2D eigenvalue weighted by molar-refractivity contribution is 7.10. The predicted molar refractivity (Wildman–Crippen MR) is 78.4 cm³/mol. The number of hydrazine groups is 1. The number of nitrogens with two attached hydrogens (primary N) is 1. The zero-order chi connectivity index (χ0) is 13.4. The van der Waals surface area contributed by atoms with E-state index >= 15 is 0 Å². The van der Waals surface area contributed by atoms with Crippen molar-refractivity contribution >= 4 is 23.0 Å². The first-order valence-electron chi connectivity index (χ1n) is 6.34. The molecule has 1 unspecified atom stereocenters. The summed E-state index contributed by atoms with van der Waals surface area (Å²) in [4.78, 5) is 12.6. The maximum absolute atomic E-state index is 5.45. The molecular weight excluding hydrogens is 258 g/mol. The van der Waals surface area contributed by atoms with Crippen LogP contribution in [0.4, 0.5) is 11.6 Å². The smallest absolute Gasteiger partial charge is 0.145 e. The number of thiophene rings is 1. The molecule has 3 rings (SSSR count). The van der Waals surface area contributed by atoms with E-state index < -0.39 is 0 Å². The van der Waals surface area contributed by atoms with Gasteiger partial charge in [0.2, 0.25) is 0 Å². The highest BCUT2D eigenvalue weighted by Crippen LogP contribution is 2.35. The van der Waals surface area contributed by atoms with Gasteiger partial charge in [0.25, 0.3) is 0 Å². The van der Waals surface area contributed by atoms with Crippen LogP contribution >= 0.6 is 11.3 Å². The second-order valence-corrected chi connectivity index (χ2v) is 5.72. The van der Waals surface area contributed by atoms with E-state index in [0.717, 1.165) is 24.6 Å². The van der Waals surface area contributed by atoms with Crippen molar-refractivity contribution in [1.82, 2.24) is 9.97 Å². The van der Waals surface area contributed by atoms with Gasteiger partial charge in [0.05, 0.1) is 6.04 Å². The number of hydrogen-bond acceptors (Lipinski definition) is 6. The summed E-state index contributed by atoms with van der Waals surface area (Å²) < 4.78 is 0. The van der Waals surface area contributed by atoms with Crippen LogP contribution in [0.1, 0.15) is 29.2 Å². The summed E-state index contributed by atoms with van der Waals surface area (Å²) in [7, 11) is 0. The van der Waals surface area contributed by atoms with Crippen molar-refractivity contribution in [2.75, 3.05) is 16.9 Å². The second kappa shape index (κ2) is 4.79. The molecule has 0 saturated carbocycles. The van der Waals surface area contributed by atoms with Crippen molar-refractivity contribution in [3.8, 4) is 0 Å². The van der Waals surface area contributed by atoms with Gasteiger partial charge in [0.15, 0.2) is 0 Å². The molecule has 0 aliphatic carbocycles. The minimum atomic E-state index is 0.343. The van der Waals surface area contributed by atoms with Crippen LogP contribution in [0.25, 0.3) is 0 Å². The summed E-state index contributed by atoms with van der Waals surface area (Å²) in [6.07, 6.45) is 1.08. The molecule has 1 atom stereocenters. The number of nitrogens with one attached hydrogen (secondary N) is 1. The van der Waals surface area contributed by atoms with Crippen LogP contribution in [0.3, 0.4) is 0 Å². The molecular formula is C13H17N5S. The van der Waals surface area contributed by atoms with Crippen molar-refractivity contribution in [2.24, 2.45) is 5.84 Å². The molecule has 6 heteroatoms. The van der Waals surface area contributed by atoms with E-state index in [4.69, 9.17) is 5.84 Å². The van der Waals surface area contributed by atoms with E-state index in [1.807, 2.05) is 24.3 Å². The number of fused-ring (bicyclic) bond motifs is 1. The fourth-order valence-electron chi connectivity index (χ4n) is 2.60. The Hall–Kier alpha value is -1.66. The summed E-state index contributed by atoms with van der Waals surface area (Å²) in [6.45, 7) is 5.09. The molecule has 0 fully saturated rings. The molecule has 0 aromatic carbocycles. The van der Waals surface area contributed by atoms with E-state index in [9.17, 15) is 0 Å². The third-order valence-corrected chi connectivity index (χ3v) is 4.54. The molecule has 2 aromatic rings. The maximum Gasteiger partial charge on any atom is 0.145 e. The molecule has 0 saturated heterocycles. The largest absolute Gasteiger partial charge is 0.349 e. The van der Waals surface area contributed by atoms with Crippen LogP contribution in [0.5, 0.6) is 0 Å². The number of anilines is 2. The SMILES string of the molecule is Cc1nc(NN)cc(N2CCc3sccc3C2C)n1. The average molecular weight is 275 g/mol. The van der Waals surface area contributed by atoms with Gasteiger partial charge in [0, 0.05) is 17.5 Å². The Morgan fingerprint density at radius 1 is 1.47 bits per heavy atom. The van der Waals surface area contributed by atoms with E-state index in [0.29, 0.717) is 11.9 Å². The van der Waals surface area contributed by atoms with Gasteiger partial charge in [-0.05, 0) is 37.3 Å². The van der Waals surface area contributed by atoms with Gasteiger partial charge in [-0.1, -0.05) is 0 Å². The lowest BCUT2D eigenvalue weighted by Crippen LogP contribution is -2.34. The Balaban J connectivity index is 1.97. The van der Waals surface area contributed by atoms with Crippen molar-refractivity contribution in [1.29, 1.82) is 0 Å². The van der Waals surface area contributed by atoms with E-state index in [-0.39, 0.29) is 0 Å². The molecule has 19 heavy (non-hydrogen) atoms. The second-order valence-electron chi connectivity index (χ2n) is 4.72. The first-order chi connectivity index (χ1) is 9.19. The number of hydrogen-bond donors (Lipinski definition) is 2. The monoisotopic (exact) mass is 275 g/mol. The van der Waals surface area contributed by atoms with Gasteiger partial charge in [-0.25, -0.2) is 15.8 Å². The number of aryl methyl sites for hydroxylation is 1. The number of rotatable bonds is 2. The summed E-state index contributed by atoms with van der Waals surface area (Å²) in [6, 6.07) is 4.46. The zero-order valence-corrected chi connectivity index (χ0v) is 11.9. The molecule has 100 valence electrons. The summed E-state index contributed by atoms with van der Waals surface area (Å²) in [5.74, 6) is 7.78. The van der Waals surface area contributed by atoms with Crippen molar-refractivity contribution in [3.63, 3.8) is 0 Å². The van der Waals surface area contributed by atoms with Crippen molar-refractivity contribution in [2.45, 2.75) is 26.3 Å². The first-order valence-corrected chi connectivity index (χ1v) is 7.22. The summed E-state index contributed by atoms with van der Waals surface area (Å²) >= 11 is 1.85. The van der Waals surface area contributed by atoms with Gasteiger partial charge in [0.1, 0.15) is 17.5 Å². The van der Waals surface area contributed by atoms with Crippen LogP contribution in [0, 0.1) is 6.92 Å². The average Bonchev–Trinajstić information content (AvgIpc) is 2.87. The minimum absolute atomic E-state index is 0.343. The van der Waals surface area contributed by atoms with Crippen molar-refractivity contribution < 1.29 is 0 Å². The number of aromatic nitrogens is 2. The maximum atomic E-state index is 5.45. The first kappa shape index (κ1) is 12.4. The topological polar surface area (TPSA) is 67.1 Å². The van der Waals surface area contributed by atoms with E-state index in [2.05, 4.69) is 38.7 Å². The van der Waals surface area contributed by atoms with Crippen LogP contribution < -0.4 is 16.2 Å². The van der Waals surface area contributed by atoms with Gasteiger partial charge in [-0.15, -0.1) is 11.3 Å². The summed E-state index contributed by atoms with van der Waals surface area (Å²) in [5.41, 5.74) is 4.01. The van der Waals surface area contributed by atoms with Gasteiger partial charge in [-0.3, -0.25) is 0 Å². The Bertz CT molecular complexity index is 594. The van der Waals surface area contributed by atoms with Crippen LogP contribution in [0.15, 0.2) is 17.5 Å². The lowest BCUT2D eigenvalue weighted by atomic mass is 10.0. The molecule has 5 nitrogen and oxygen atoms in total. The number of nitrogen functional groups attached to an aromatic ring is 1. The Labute approximate surface area is 116 Å². The van der Waals surface area contributed by atoms with Gasteiger partial charge >= 0.3 is 0 Å².